The number of thiophene rings is 1. The van der Waals surface area contributed by atoms with E-state index in [-0.39, 0.29) is 35.6 Å². The van der Waals surface area contributed by atoms with Crippen LogP contribution >= 0.6 is 11.3 Å². The molecule has 0 bridgehead atoms. The quantitative estimate of drug-likeness (QED) is 0.224. The first-order valence-corrected chi connectivity index (χ1v) is 16.6. The Kier molecular flexibility index (Phi) is 13.6. The molecule has 3 aromatic carbocycles. The first-order valence-electron chi connectivity index (χ1n) is 14.4. The second-order valence-corrected chi connectivity index (χ2v) is 15.6. The molecule has 0 spiro atoms. The Hall–Kier alpha value is -1.18. The molecule has 0 aliphatic heterocycles. The van der Waals surface area contributed by atoms with Crippen molar-refractivity contribution in [1.29, 1.82) is 0 Å². The molecule has 0 unspecified atom stereocenters. The average Bonchev–Trinajstić information content (AvgIpc) is 3.63. The number of hydrogen-bond donors (Lipinski definition) is 0. The van der Waals surface area contributed by atoms with Gasteiger partial charge in [0.05, 0.1) is 0 Å². The van der Waals surface area contributed by atoms with Gasteiger partial charge in [-0.3, -0.25) is 0 Å². The maximum absolute atomic E-state index is 3.67. The van der Waals surface area contributed by atoms with Crippen LogP contribution in [0.15, 0.2) is 65.4 Å². The van der Waals surface area contributed by atoms with Crippen molar-refractivity contribution in [2.75, 3.05) is 0 Å². The van der Waals surface area contributed by atoms with Gasteiger partial charge < -0.3 is 24.8 Å². The Morgan fingerprint density at radius 2 is 1.51 bits per heavy atom. The summed E-state index contributed by atoms with van der Waals surface area (Å²) in [5.41, 5.74) is 12.8. The van der Waals surface area contributed by atoms with E-state index in [0.717, 1.165) is 6.42 Å². The maximum atomic E-state index is 3.67. The zero-order chi connectivity index (χ0) is 28.2. The van der Waals surface area contributed by atoms with E-state index in [2.05, 4.69) is 120 Å². The molecule has 1 heterocycles. The minimum absolute atomic E-state index is 0. The third-order valence-electron chi connectivity index (χ3n) is 7.79. The Bertz CT molecular complexity index is 1330. The first kappa shape index (κ1) is 36.0. The predicted molar refractivity (Wildman–Crippen MR) is 169 cm³/mol. The van der Waals surface area contributed by atoms with Crippen molar-refractivity contribution in [3.63, 3.8) is 0 Å². The molecule has 0 saturated heterocycles. The second kappa shape index (κ2) is 15.5. The van der Waals surface area contributed by atoms with Crippen molar-refractivity contribution in [1.82, 2.24) is 0 Å². The fourth-order valence-corrected chi connectivity index (χ4v) is 6.78. The summed E-state index contributed by atoms with van der Waals surface area (Å²) in [6, 6.07) is 23.7. The van der Waals surface area contributed by atoms with Crippen molar-refractivity contribution < 1.29 is 49.0 Å². The predicted octanol–water partition coefficient (Wildman–Crippen LogP) is 4.77. The van der Waals surface area contributed by atoms with Gasteiger partial charge in [-0.15, -0.1) is 40.5 Å². The van der Waals surface area contributed by atoms with Gasteiger partial charge in [-0.1, -0.05) is 88.6 Å². The molecule has 6 rings (SSSR count). The summed E-state index contributed by atoms with van der Waals surface area (Å²) >= 11 is 3.43. The van der Waals surface area contributed by atoms with Gasteiger partial charge in [0.1, 0.15) is 0 Å². The Balaban J connectivity index is 0.000000246. The van der Waals surface area contributed by atoms with Crippen LogP contribution in [0.3, 0.4) is 0 Å². The third kappa shape index (κ3) is 9.66. The Morgan fingerprint density at radius 3 is 2.02 bits per heavy atom. The van der Waals surface area contributed by atoms with E-state index in [1.165, 1.54) is 82.2 Å². The molecule has 0 N–H and O–H groups in total. The summed E-state index contributed by atoms with van der Waals surface area (Å²) in [5, 5.41) is 4.30. The first-order chi connectivity index (χ1) is 18.4. The molecular formula is C37H44Cl2SZr-2. The van der Waals surface area contributed by atoms with Crippen LogP contribution in [0.5, 0.6) is 0 Å². The zero-order valence-corrected chi connectivity index (χ0v) is 30.5. The molecule has 0 nitrogen and oxygen atoms in total. The van der Waals surface area contributed by atoms with Crippen molar-refractivity contribution in [2.45, 2.75) is 97.8 Å². The summed E-state index contributed by atoms with van der Waals surface area (Å²) in [6.07, 6.45) is 8.34. The number of fused-ring (bicyclic) bond motifs is 3. The van der Waals surface area contributed by atoms with E-state index in [1.807, 2.05) is 0 Å². The molecule has 0 atom stereocenters. The fourth-order valence-electron chi connectivity index (χ4n) is 5.26. The molecule has 218 valence electrons. The van der Waals surface area contributed by atoms with Crippen LogP contribution in [0, 0.1) is 13.0 Å². The summed E-state index contributed by atoms with van der Waals surface area (Å²) in [6.45, 7) is 15.7. The summed E-state index contributed by atoms with van der Waals surface area (Å²) < 4.78 is 1.80. The molecule has 2 aliphatic rings. The topological polar surface area (TPSA) is 0 Å². The molecular weight excluding hydrogens is 639 g/mol. The molecule has 1 fully saturated rings. The van der Waals surface area contributed by atoms with Crippen molar-refractivity contribution in [3.8, 4) is 22.3 Å². The second-order valence-electron chi connectivity index (χ2n) is 13.1. The standard InChI is InChI=1S/C21H25.C10H9S.C6H10.2ClH.Zr/c1-20(2,3)16-7-9-18-14(12-16)11-15-13-17(21(4,5)6)8-10-19(15)18;1-8-3-2-4-10(8)9-5-6-11-7-9;1-2-4-6-5-3-1;;;/h7-10,12H,11H2,1-6H3;2-7H,1H3;1-5H2;2*1H;/q2*-1;;;;+2/p-2. The Morgan fingerprint density at radius 1 is 0.829 bits per heavy atom. The molecule has 4 aromatic rings. The van der Waals surface area contributed by atoms with Crippen molar-refractivity contribution >= 4 is 14.5 Å². The molecule has 1 aromatic heterocycles. The van der Waals surface area contributed by atoms with Gasteiger partial charge in [0.15, 0.2) is 0 Å². The Labute approximate surface area is 280 Å². The van der Waals surface area contributed by atoms with E-state index in [1.54, 1.807) is 38.8 Å². The van der Waals surface area contributed by atoms with E-state index in [4.69, 9.17) is 0 Å². The number of hydrogen-bond acceptors (Lipinski definition) is 1. The van der Waals surface area contributed by atoms with Crippen LogP contribution in [0.4, 0.5) is 0 Å². The third-order valence-corrected chi connectivity index (χ3v) is 9.70. The van der Waals surface area contributed by atoms with Gasteiger partial charge in [-0.05, 0) is 28.4 Å². The number of benzene rings is 2. The average molecular weight is 683 g/mol. The summed E-state index contributed by atoms with van der Waals surface area (Å²) in [4.78, 5) is 0. The van der Waals surface area contributed by atoms with Crippen molar-refractivity contribution in [2.24, 2.45) is 0 Å². The molecule has 1 saturated carbocycles. The van der Waals surface area contributed by atoms with Gasteiger partial charge in [0, 0.05) is 0 Å². The monoisotopic (exact) mass is 680 g/mol. The van der Waals surface area contributed by atoms with Gasteiger partial charge in [-0.25, -0.2) is 11.3 Å². The van der Waals surface area contributed by atoms with Crippen LogP contribution in [-0.2, 0) is 41.5 Å². The van der Waals surface area contributed by atoms with Crippen LogP contribution < -0.4 is 24.8 Å². The van der Waals surface area contributed by atoms with E-state index < -0.39 is 0 Å². The van der Waals surface area contributed by atoms with E-state index in [9.17, 15) is 0 Å². The number of halogens is 2. The SMILES string of the molecule is CC(C)(C)c1[c-]c2c(cc1)-c1ccc(C(C)(C)C)cc1C2.Cc1ccc[c-]1-c1ccsc1.[Cl-].[Cl-].[Zr+2]=[C]1CCCCC1. The summed E-state index contributed by atoms with van der Waals surface area (Å²) in [7, 11) is 0. The molecule has 4 heteroatoms. The number of aryl methyl sites for hydroxylation is 1. The van der Waals surface area contributed by atoms with Crippen LogP contribution in [0.25, 0.3) is 22.3 Å². The van der Waals surface area contributed by atoms with Crippen LogP contribution in [0.2, 0.25) is 0 Å². The van der Waals surface area contributed by atoms with Crippen LogP contribution in [0.1, 0.15) is 101 Å². The van der Waals surface area contributed by atoms with Gasteiger partial charge in [0.2, 0.25) is 0 Å². The number of rotatable bonds is 1. The van der Waals surface area contributed by atoms with Gasteiger partial charge >= 0.3 is 59.5 Å². The van der Waals surface area contributed by atoms with Crippen LogP contribution in [-0.4, -0.2) is 3.21 Å². The fraction of sp³-hybridized carbons (Fsp3) is 0.405. The van der Waals surface area contributed by atoms with E-state index in [0.29, 0.717) is 0 Å². The molecule has 0 amide bonds. The van der Waals surface area contributed by atoms with E-state index >= 15 is 0 Å². The molecule has 0 radical (unpaired) electrons. The summed E-state index contributed by atoms with van der Waals surface area (Å²) in [5.74, 6) is 0. The molecule has 41 heavy (non-hydrogen) atoms. The minimum atomic E-state index is 0. The normalized spacial score (nSPS) is 13.8. The van der Waals surface area contributed by atoms with Crippen molar-refractivity contribution in [3.05, 3.63) is 99.2 Å². The zero-order valence-electron chi connectivity index (χ0n) is 25.8. The van der Waals surface area contributed by atoms with Gasteiger partial charge in [0.25, 0.3) is 0 Å². The molecule has 2 aliphatic carbocycles. The van der Waals surface area contributed by atoms with Gasteiger partial charge in [-0.2, -0.15) is 29.8 Å².